The normalized spacial score (nSPS) is 12.6. The number of hydrogen-bond donors (Lipinski definition) is 0. The Morgan fingerprint density at radius 1 is 0.500 bits per heavy atom. The minimum Gasteiger partial charge on any atom is -1.00 e. The van der Waals surface area contributed by atoms with Crippen molar-refractivity contribution in [2.75, 3.05) is 40.9 Å². The van der Waals surface area contributed by atoms with Crippen LogP contribution in [0.5, 0.6) is 0 Å². The SMILES string of the molecule is CCCCCCCC/C=C\CCCCCCCCOC(=O)CC(C[N+](C)(C)C)OCCCCCCCC/C=C\CCCCCCCC.[Cl-]. The van der Waals surface area contributed by atoms with Crippen molar-refractivity contribution >= 4 is 5.97 Å². The number of carbonyl (C=O) groups excluding carboxylic acids is 1. The third-order valence-electron chi connectivity index (χ3n) is 9.07. The molecule has 1 unspecified atom stereocenters. The summed E-state index contributed by atoms with van der Waals surface area (Å²) >= 11 is 0. The van der Waals surface area contributed by atoms with Gasteiger partial charge in [0.2, 0.25) is 0 Å². The molecular formula is C43H84ClNO3. The third kappa shape index (κ3) is 41.3. The van der Waals surface area contributed by atoms with Crippen LogP contribution in [0.3, 0.4) is 0 Å². The Morgan fingerprint density at radius 3 is 1.21 bits per heavy atom. The lowest BCUT2D eigenvalue weighted by Crippen LogP contribution is -3.00. The van der Waals surface area contributed by atoms with Crippen LogP contribution in [-0.2, 0) is 14.3 Å². The first-order valence-electron chi connectivity index (χ1n) is 20.8. The highest BCUT2D eigenvalue weighted by Crippen LogP contribution is 2.13. The quantitative estimate of drug-likeness (QED) is 0.0281. The molecule has 0 aliphatic rings. The van der Waals surface area contributed by atoms with E-state index in [1.807, 2.05) is 0 Å². The van der Waals surface area contributed by atoms with E-state index in [1.54, 1.807) is 0 Å². The van der Waals surface area contributed by atoms with Crippen molar-refractivity contribution in [1.29, 1.82) is 0 Å². The van der Waals surface area contributed by atoms with E-state index >= 15 is 0 Å². The molecule has 0 aliphatic heterocycles. The molecular weight excluding hydrogens is 614 g/mol. The Morgan fingerprint density at radius 2 is 0.833 bits per heavy atom. The van der Waals surface area contributed by atoms with Gasteiger partial charge in [0.1, 0.15) is 12.6 Å². The molecule has 4 nitrogen and oxygen atoms in total. The summed E-state index contributed by atoms with van der Waals surface area (Å²) in [7, 11) is 6.49. The molecule has 0 N–H and O–H groups in total. The van der Waals surface area contributed by atoms with Crippen LogP contribution in [0.4, 0.5) is 0 Å². The fourth-order valence-corrected chi connectivity index (χ4v) is 6.17. The molecule has 48 heavy (non-hydrogen) atoms. The Hall–Kier alpha value is -0.840. The average molecular weight is 699 g/mol. The maximum absolute atomic E-state index is 12.6. The highest BCUT2D eigenvalue weighted by Gasteiger charge is 2.22. The molecule has 286 valence electrons. The van der Waals surface area contributed by atoms with Crippen LogP contribution in [0.15, 0.2) is 24.3 Å². The van der Waals surface area contributed by atoms with Gasteiger partial charge in [-0.1, -0.05) is 154 Å². The van der Waals surface area contributed by atoms with Crippen molar-refractivity contribution in [2.24, 2.45) is 0 Å². The largest absolute Gasteiger partial charge is 1.00 e. The highest BCUT2D eigenvalue weighted by molar-refractivity contribution is 5.69. The Bertz CT molecular complexity index is 703. The van der Waals surface area contributed by atoms with Crippen LogP contribution in [0.2, 0.25) is 0 Å². The minimum absolute atomic E-state index is 0. The van der Waals surface area contributed by atoms with Gasteiger partial charge in [0.15, 0.2) is 0 Å². The van der Waals surface area contributed by atoms with E-state index in [2.05, 4.69) is 59.3 Å². The van der Waals surface area contributed by atoms with Crippen molar-refractivity contribution in [1.82, 2.24) is 0 Å². The maximum Gasteiger partial charge on any atom is 0.308 e. The number of halogens is 1. The maximum atomic E-state index is 12.6. The van der Waals surface area contributed by atoms with Gasteiger partial charge in [-0.3, -0.25) is 4.79 Å². The fraction of sp³-hybridized carbons (Fsp3) is 0.884. The molecule has 0 radical (unpaired) electrons. The highest BCUT2D eigenvalue weighted by atomic mass is 35.5. The first kappa shape index (κ1) is 49.3. The Kier molecular flexibility index (Phi) is 40.0. The van der Waals surface area contributed by atoms with Gasteiger partial charge < -0.3 is 26.4 Å². The predicted molar refractivity (Wildman–Crippen MR) is 207 cm³/mol. The van der Waals surface area contributed by atoms with Gasteiger partial charge in [-0.2, -0.15) is 0 Å². The second-order valence-corrected chi connectivity index (χ2v) is 15.3. The summed E-state index contributed by atoms with van der Waals surface area (Å²) in [4.78, 5) is 12.6. The predicted octanol–water partition coefficient (Wildman–Crippen LogP) is 10.1. The van der Waals surface area contributed by atoms with Crippen molar-refractivity contribution in [3.63, 3.8) is 0 Å². The number of unbranched alkanes of at least 4 members (excludes halogenated alkanes) is 24. The lowest BCUT2D eigenvalue weighted by Gasteiger charge is -2.29. The van der Waals surface area contributed by atoms with Crippen molar-refractivity contribution in [3.8, 4) is 0 Å². The molecule has 0 aromatic heterocycles. The zero-order chi connectivity index (χ0) is 34.5. The summed E-state index contributed by atoms with van der Waals surface area (Å²) in [6, 6.07) is 0. The molecule has 0 fully saturated rings. The molecule has 0 aliphatic carbocycles. The summed E-state index contributed by atoms with van der Waals surface area (Å²) in [5.74, 6) is -0.0998. The number of likely N-dealkylation sites (N-methyl/N-ethyl adjacent to an activating group) is 1. The topological polar surface area (TPSA) is 35.5 Å². The molecule has 0 spiro atoms. The molecule has 0 aromatic carbocycles. The number of hydrogen-bond acceptors (Lipinski definition) is 3. The van der Waals surface area contributed by atoms with Gasteiger partial charge in [-0.05, 0) is 64.2 Å². The number of carbonyl (C=O) groups is 1. The molecule has 1 atom stereocenters. The number of allylic oxidation sites excluding steroid dienone is 4. The molecule has 0 amide bonds. The Balaban J connectivity index is 0. The van der Waals surface area contributed by atoms with E-state index in [0.29, 0.717) is 13.0 Å². The standard InChI is InChI=1S/C43H84NO3.ClH/c1-6-8-10-12-14-16-18-20-22-24-26-28-30-32-34-36-38-46-42(41-44(3,4)5)40-43(45)47-39-37-35-33-31-29-27-25-23-21-19-17-15-13-11-9-7-2;/h20-23,42H,6-19,24-41H2,1-5H3;1H/q+1;/p-1/b22-20-,23-21-;. The monoisotopic (exact) mass is 698 g/mol. The van der Waals surface area contributed by atoms with Crippen molar-refractivity contribution in [2.45, 2.75) is 206 Å². The van der Waals surface area contributed by atoms with Crippen LogP contribution < -0.4 is 12.4 Å². The number of quaternary nitrogens is 1. The van der Waals surface area contributed by atoms with Crippen LogP contribution in [-0.4, -0.2) is 57.5 Å². The first-order valence-corrected chi connectivity index (χ1v) is 20.8. The zero-order valence-corrected chi connectivity index (χ0v) is 33.8. The third-order valence-corrected chi connectivity index (χ3v) is 9.07. The smallest absolute Gasteiger partial charge is 0.308 e. The molecule has 0 saturated heterocycles. The summed E-state index contributed by atoms with van der Waals surface area (Å²) < 4.78 is 12.6. The second-order valence-electron chi connectivity index (χ2n) is 15.3. The van der Waals surface area contributed by atoms with E-state index in [-0.39, 0.29) is 24.5 Å². The zero-order valence-electron chi connectivity index (χ0n) is 33.1. The molecule has 0 aromatic rings. The molecule has 0 rings (SSSR count). The average Bonchev–Trinajstić information content (AvgIpc) is 3.03. The fourth-order valence-electron chi connectivity index (χ4n) is 6.17. The molecule has 5 heteroatoms. The Labute approximate surface area is 307 Å². The first-order chi connectivity index (χ1) is 22.9. The van der Waals surface area contributed by atoms with Crippen molar-refractivity contribution < 1.29 is 31.2 Å². The van der Waals surface area contributed by atoms with Crippen LogP contribution in [0.25, 0.3) is 0 Å². The molecule has 0 bridgehead atoms. The van der Waals surface area contributed by atoms with Gasteiger partial charge in [-0.15, -0.1) is 0 Å². The number of nitrogens with zero attached hydrogens (tertiary/aromatic N) is 1. The van der Waals surface area contributed by atoms with Gasteiger partial charge in [0.05, 0.1) is 34.2 Å². The van der Waals surface area contributed by atoms with E-state index in [9.17, 15) is 4.79 Å². The number of esters is 1. The van der Waals surface area contributed by atoms with E-state index in [0.717, 1.165) is 36.9 Å². The van der Waals surface area contributed by atoms with Crippen molar-refractivity contribution in [3.05, 3.63) is 24.3 Å². The van der Waals surface area contributed by atoms with Crippen LogP contribution in [0.1, 0.15) is 200 Å². The number of rotatable bonds is 37. The summed E-state index contributed by atoms with van der Waals surface area (Å²) in [5.41, 5.74) is 0. The van der Waals surface area contributed by atoms with Gasteiger partial charge in [-0.25, -0.2) is 0 Å². The van der Waals surface area contributed by atoms with Crippen LogP contribution >= 0.6 is 0 Å². The van der Waals surface area contributed by atoms with Gasteiger partial charge in [0, 0.05) is 6.61 Å². The van der Waals surface area contributed by atoms with Gasteiger partial charge in [0.25, 0.3) is 0 Å². The molecule has 0 heterocycles. The van der Waals surface area contributed by atoms with E-state index in [4.69, 9.17) is 9.47 Å². The summed E-state index contributed by atoms with van der Waals surface area (Å²) in [6.45, 7) is 6.68. The number of ether oxygens (including phenoxy) is 2. The van der Waals surface area contributed by atoms with E-state index < -0.39 is 0 Å². The lowest BCUT2D eigenvalue weighted by molar-refractivity contribution is -0.873. The molecule has 0 saturated carbocycles. The van der Waals surface area contributed by atoms with Crippen LogP contribution in [0, 0.1) is 0 Å². The second kappa shape index (κ2) is 39.0. The summed E-state index contributed by atoms with van der Waals surface area (Å²) in [6.07, 6.45) is 46.3. The minimum atomic E-state index is -0.0998. The van der Waals surface area contributed by atoms with E-state index in [1.165, 1.54) is 161 Å². The summed E-state index contributed by atoms with van der Waals surface area (Å²) in [5, 5.41) is 0. The lowest BCUT2D eigenvalue weighted by atomic mass is 10.1. The van der Waals surface area contributed by atoms with Gasteiger partial charge >= 0.3 is 5.97 Å².